The van der Waals surface area contributed by atoms with E-state index in [1.165, 1.54) is 20.4 Å². The molecule has 0 aliphatic carbocycles. The van der Waals surface area contributed by atoms with Crippen LogP contribution in [-0.4, -0.2) is 26.6 Å². The molecule has 0 bridgehead atoms. The van der Waals surface area contributed by atoms with E-state index in [4.69, 9.17) is 0 Å². The summed E-state index contributed by atoms with van der Waals surface area (Å²) in [6.07, 6.45) is 4.58. The highest BCUT2D eigenvalue weighted by atomic mass is 16.6. The van der Waals surface area contributed by atoms with Gasteiger partial charge >= 0.3 is 0 Å². The molecule has 1 radical (unpaired) electrons. The van der Waals surface area contributed by atoms with Crippen molar-refractivity contribution in [3.05, 3.63) is 0 Å². The Morgan fingerprint density at radius 2 is 2.22 bits per heavy atom. The molecule has 0 fully saturated rings. The van der Waals surface area contributed by atoms with E-state index in [9.17, 15) is 0 Å². The summed E-state index contributed by atoms with van der Waals surface area (Å²) in [6, 6.07) is 0. The van der Waals surface area contributed by atoms with Crippen LogP contribution in [0.1, 0.15) is 6.42 Å². The second-order valence-electron chi connectivity index (χ2n) is 1.11. The maximum atomic E-state index is 4.37. The molecule has 0 unspecified atom stereocenters. The first-order valence-corrected chi connectivity index (χ1v) is 2.43. The summed E-state index contributed by atoms with van der Waals surface area (Å²) in [4.78, 5) is 8.70. The van der Waals surface area contributed by atoms with Gasteiger partial charge in [-0.3, -0.25) is 0 Å². The third-order valence-corrected chi connectivity index (χ3v) is 0.518. The van der Waals surface area contributed by atoms with Crippen molar-refractivity contribution in [3.8, 4) is 0 Å². The van der Waals surface area contributed by atoms with Gasteiger partial charge in [0.05, 0.1) is 0 Å². The molecule has 0 rings (SSSR count). The molecule has 0 aromatic rings. The number of nitrogens with zero attached hydrogens (tertiary/aromatic N) is 2. The molecule has 0 heterocycles. The zero-order valence-corrected chi connectivity index (χ0v) is 5.50. The Kier molecular flexibility index (Phi) is 6.12. The highest BCUT2D eigenvalue weighted by Gasteiger charge is 1.72. The van der Waals surface area contributed by atoms with E-state index >= 15 is 0 Å². The fraction of sp³-hybridized carbons (Fsp3) is 0.600. The van der Waals surface area contributed by atoms with Crippen LogP contribution < -0.4 is 0 Å². The highest BCUT2D eigenvalue weighted by molar-refractivity contribution is 5.78. The Labute approximate surface area is 54.1 Å². The predicted molar refractivity (Wildman–Crippen MR) is 34.6 cm³/mol. The maximum absolute atomic E-state index is 4.37. The van der Waals surface area contributed by atoms with Crippen LogP contribution in [0.15, 0.2) is 10.3 Å². The van der Waals surface area contributed by atoms with Crippen LogP contribution in [-0.2, 0) is 9.68 Å². The first-order valence-electron chi connectivity index (χ1n) is 2.43. The number of hydrogen-bond donors (Lipinski definition) is 0. The average molecular weight is 129 g/mol. The van der Waals surface area contributed by atoms with Gasteiger partial charge < -0.3 is 9.68 Å². The molecule has 0 spiro atoms. The SMILES string of the molecule is CON=CC/[C]=N/OC. The molecule has 0 saturated heterocycles. The van der Waals surface area contributed by atoms with Crippen LogP contribution in [0.3, 0.4) is 0 Å². The van der Waals surface area contributed by atoms with Gasteiger partial charge in [-0.05, 0) is 0 Å². The summed E-state index contributed by atoms with van der Waals surface area (Å²) in [5.41, 5.74) is 0. The van der Waals surface area contributed by atoms with Crippen molar-refractivity contribution in [1.82, 2.24) is 0 Å². The lowest BCUT2D eigenvalue weighted by Crippen LogP contribution is -1.79. The smallest absolute Gasteiger partial charge is 0.110 e. The van der Waals surface area contributed by atoms with E-state index in [1.807, 2.05) is 0 Å². The van der Waals surface area contributed by atoms with Crippen LogP contribution >= 0.6 is 0 Å². The molecule has 0 aliphatic rings. The van der Waals surface area contributed by atoms with Gasteiger partial charge in [0, 0.05) is 12.6 Å². The Morgan fingerprint density at radius 1 is 1.44 bits per heavy atom. The molecule has 0 atom stereocenters. The third-order valence-electron chi connectivity index (χ3n) is 0.518. The van der Waals surface area contributed by atoms with Crippen molar-refractivity contribution in [1.29, 1.82) is 0 Å². The van der Waals surface area contributed by atoms with Crippen molar-refractivity contribution in [2.75, 3.05) is 14.2 Å². The van der Waals surface area contributed by atoms with E-state index in [1.54, 1.807) is 0 Å². The normalized spacial score (nSPS) is 10.9. The number of oxime groups is 1. The highest BCUT2D eigenvalue weighted by Crippen LogP contribution is 1.71. The molecule has 0 amide bonds. The largest absolute Gasteiger partial charge is 0.399 e. The summed E-state index contributed by atoms with van der Waals surface area (Å²) in [5, 5.41) is 6.79. The lowest BCUT2D eigenvalue weighted by Gasteiger charge is -1.82. The lowest BCUT2D eigenvalue weighted by atomic mass is 10.5. The second-order valence-corrected chi connectivity index (χ2v) is 1.11. The topological polar surface area (TPSA) is 43.2 Å². The quantitative estimate of drug-likeness (QED) is 0.410. The van der Waals surface area contributed by atoms with Gasteiger partial charge in [0.2, 0.25) is 0 Å². The Morgan fingerprint density at radius 3 is 2.78 bits per heavy atom. The number of hydrogen-bond acceptors (Lipinski definition) is 4. The van der Waals surface area contributed by atoms with Crippen molar-refractivity contribution in [2.45, 2.75) is 6.42 Å². The Bertz CT molecular complexity index is 89.1. The first kappa shape index (κ1) is 7.94. The van der Waals surface area contributed by atoms with Gasteiger partial charge in [-0.25, -0.2) is 0 Å². The van der Waals surface area contributed by atoms with Gasteiger partial charge in [0.15, 0.2) is 0 Å². The molecule has 0 N–H and O–H groups in total. The summed E-state index contributed by atoms with van der Waals surface area (Å²) < 4.78 is 0. The van der Waals surface area contributed by atoms with Crippen molar-refractivity contribution < 1.29 is 9.68 Å². The fourth-order valence-corrected chi connectivity index (χ4v) is 0.254. The van der Waals surface area contributed by atoms with Crippen LogP contribution in [0.4, 0.5) is 0 Å². The summed E-state index contributed by atoms with van der Waals surface area (Å²) in [6.45, 7) is 0. The maximum Gasteiger partial charge on any atom is 0.110 e. The van der Waals surface area contributed by atoms with E-state index in [-0.39, 0.29) is 0 Å². The van der Waals surface area contributed by atoms with Gasteiger partial charge in [-0.1, -0.05) is 10.3 Å². The van der Waals surface area contributed by atoms with Gasteiger partial charge in [0.25, 0.3) is 0 Å². The zero-order valence-electron chi connectivity index (χ0n) is 5.50. The molecule has 51 valence electrons. The fourth-order valence-electron chi connectivity index (χ4n) is 0.254. The minimum absolute atomic E-state index is 0.502. The Hall–Kier alpha value is -1.06. The molecule has 0 aromatic carbocycles. The van der Waals surface area contributed by atoms with Gasteiger partial charge in [0.1, 0.15) is 20.4 Å². The average Bonchev–Trinajstić information content (AvgIpc) is 1.89. The van der Waals surface area contributed by atoms with Crippen LogP contribution in [0.2, 0.25) is 0 Å². The van der Waals surface area contributed by atoms with Crippen LogP contribution in [0, 0.1) is 0 Å². The molecule has 4 nitrogen and oxygen atoms in total. The zero-order chi connectivity index (χ0) is 6.95. The summed E-state index contributed by atoms with van der Waals surface area (Å²) in [5.74, 6) is 0. The van der Waals surface area contributed by atoms with E-state index in [0.29, 0.717) is 6.42 Å². The lowest BCUT2D eigenvalue weighted by molar-refractivity contribution is 0.213. The van der Waals surface area contributed by atoms with Crippen LogP contribution in [0.25, 0.3) is 0 Å². The van der Waals surface area contributed by atoms with E-state index < -0.39 is 0 Å². The summed E-state index contributed by atoms with van der Waals surface area (Å²) >= 11 is 0. The molecule has 0 aromatic heterocycles. The Balaban J connectivity index is 3.08. The molecular formula is C5H9N2O2. The standard InChI is InChI=1S/C5H9N2O2/c1-8-6-4-3-5-7-9-2/h4H,3H2,1-2H3. The van der Waals surface area contributed by atoms with Gasteiger partial charge in [-0.15, -0.1) is 0 Å². The van der Waals surface area contributed by atoms with Crippen molar-refractivity contribution in [3.63, 3.8) is 0 Å². The number of rotatable bonds is 4. The summed E-state index contributed by atoms with van der Waals surface area (Å²) in [7, 11) is 2.93. The molecule has 4 heteroatoms. The van der Waals surface area contributed by atoms with Gasteiger partial charge in [-0.2, -0.15) is 0 Å². The molecular weight excluding hydrogens is 120 g/mol. The van der Waals surface area contributed by atoms with Crippen molar-refractivity contribution >= 4 is 12.4 Å². The van der Waals surface area contributed by atoms with E-state index in [2.05, 4.69) is 26.2 Å². The minimum Gasteiger partial charge on any atom is -0.399 e. The monoisotopic (exact) mass is 129 g/mol. The second kappa shape index (κ2) is 6.94. The first-order chi connectivity index (χ1) is 4.41. The molecule has 9 heavy (non-hydrogen) atoms. The predicted octanol–water partition coefficient (Wildman–Crippen LogP) is 0.518. The molecule has 0 aliphatic heterocycles. The molecule has 0 saturated carbocycles. The van der Waals surface area contributed by atoms with Crippen LogP contribution in [0.5, 0.6) is 0 Å². The van der Waals surface area contributed by atoms with Crippen molar-refractivity contribution in [2.24, 2.45) is 10.3 Å². The third kappa shape index (κ3) is 6.94. The minimum atomic E-state index is 0.502. The van der Waals surface area contributed by atoms with E-state index in [0.717, 1.165) is 0 Å².